The zero-order valence-corrected chi connectivity index (χ0v) is 19.9. The maximum absolute atomic E-state index is 13.2. The van der Waals surface area contributed by atoms with E-state index in [0.717, 1.165) is 13.3 Å². The summed E-state index contributed by atoms with van der Waals surface area (Å²) in [5, 5.41) is 42.9. The van der Waals surface area contributed by atoms with Crippen LogP contribution in [0, 0.1) is 0 Å². The van der Waals surface area contributed by atoms with Gasteiger partial charge in [0.2, 0.25) is 17.9 Å². The fourth-order valence-electron chi connectivity index (χ4n) is 3.60. The van der Waals surface area contributed by atoms with E-state index in [-0.39, 0.29) is 25.8 Å². The molecule has 0 aromatic rings. The van der Waals surface area contributed by atoms with Crippen molar-refractivity contribution < 1.29 is 53.9 Å². The number of carbonyl (C=O) groups is 6. The highest BCUT2D eigenvalue weighted by Crippen LogP contribution is 2.17. The minimum absolute atomic E-state index is 0.152. The van der Waals surface area contributed by atoms with E-state index in [1.165, 1.54) is 4.90 Å². The van der Waals surface area contributed by atoms with Crippen LogP contribution in [0.25, 0.3) is 0 Å². The number of aldehydes is 1. The second kappa shape index (κ2) is 15.1. The first-order valence-corrected chi connectivity index (χ1v) is 11.4. The number of amides is 4. The highest BCUT2D eigenvalue weighted by Gasteiger charge is 2.42. The van der Waals surface area contributed by atoms with Crippen LogP contribution in [0.3, 0.4) is 0 Å². The maximum atomic E-state index is 13.2. The number of rotatable bonds is 15. The van der Waals surface area contributed by atoms with E-state index in [0.29, 0.717) is 12.8 Å². The Bertz CT molecular complexity index is 803. The van der Waals surface area contributed by atoms with Gasteiger partial charge in [0.1, 0.15) is 36.7 Å². The number of aliphatic hydroxyl groups is 3. The molecule has 8 N–H and O–H groups in total. The molecule has 1 fully saturated rings. The average Bonchev–Trinajstić information content (AvgIpc) is 2.84. The van der Waals surface area contributed by atoms with Gasteiger partial charge >= 0.3 is 5.97 Å². The van der Waals surface area contributed by atoms with Gasteiger partial charge in [-0.3, -0.25) is 24.0 Å². The van der Waals surface area contributed by atoms with E-state index in [1.807, 2.05) is 0 Å². The fourth-order valence-corrected chi connectivity index (χ4v) is 3.60. The smallest absolute Gasteiger partial charge is 0.303 e. The van der Waals surface area contributed by atoms with Gasteiger partial charge in [-0.1, -0.05) is 0 Å². The number of carboxylic acids is 1. The van der Waals surface area contributed by atoms with Crippen LogP contribution in [0.15, 0.2) is 0 Å². The van der Waals surface area contributed by atoms with Gasteiger partial charge in [-0.15, -0.1) is 0 Å². The maximum Gasteiger partial charge on any atom is 0.303 e. The largest absolute Gasteiger partial charge is 0.481 e. The van der Waals surface area contributed by atoms with Crippen molar-refractivity contribution in [1.29, 1.82) is 0 Å². The number of nitrogens with zero attached hydrogens (tertiary/aromatic N) is 1. The molecule has 1 rings (SSSR count). The van der Waals surface area contributed by atoms with E-state index in [4.69, 9.17) is 15.6 Å². The second-order valence-corrected chi connectivity index (χ2v) is 8.37. The number of aliphatic carboxylic acids is 1. The molecule has 0 aromatic carbocycles. The summed E-state index contributed by atoms with van der Waals surface area (Å²) in [5.41, 5.74) is 5.24. The molecular formula is C21H34N4O11. The Morgan fingerprint density at radius 2 is 1.69 bits per heavy atom. The van der Waals surface area contributed by atoms with Crippen LogP contribution in [0.1, 0.15) is 39.0 Å². The van der Waals surface area contributed by atoms with Crippen LogP contribution in [0.4, 0.5) is 0 Å². The van der Waals surface area contributed by atoms with Crippen molar-refractivity contribution in [3.63, 3.8) is 0 Å². The molecule has 204 valence electrons. The van der Waals surface area contributed by atoms with Gasteiger partial charge in [-0.25, -0.2) is 0 Å². The zero-order chi connectivity index (χ0) is 27.4. The molecule has 15 nitrogen and oxygen atoms in total. The van der Waals surface area contributed by atoms with Crippen LogP contribution in [0.2, 0.25) is 0 Å². The van der Waals surface area contributed by atoms with E-state index in [9.17, 15) is 44.1 Å². The van der Waals surface area contributed by atoms with Crippen LogP contribution < -0.4 is 16.4 Å². The van der Waals surface area contributed by atoms with Crippen LogP contribution >= 0.6 is 0 Å². The van der Waals surface area contributed by atoms with Gasteiger partial charge in [-0.2, -0.15) is 0 Å². The molecule has 0 bridgehead atoms. The molecule has 1 aliphatic heterocycles. The van der Waals surface area contributed by atoms with Gasteiger partial charge in [0.05, 0.1) is 6.61 Å². The Kier molecular flexibility index (Phi) is 12.9. The summed E-state index contributed by atoms with van der Waals surface area (Å²) >= 11 is 0. The quantitative estimate of drug-likeness (QED) is 0.0813. The van der Waals surface area contributed by atoms with Crippen LogP contribution in [-0.4, -0.2) is 117 Å². The predicted molar refractivity (Wildman–Crippen MR) is 120 cm³/mol. The van der Waals surface area contributed by atoms with E-state index < -0.39 is 79.1 Å². The van der Waals surface area contributed by atoms with Gasteiger partial charge in [0.25, 0.3) is 11.8 Å². The van der Waals surface area contributed by atoms with Crippen LogP contribution in [-0.2, 0) is 33.5 Å². The molecule has 2 unspecified atom stereocenters. The molecule has 0 saturated carbocycles. The molecule has 4 amide bonds. The van der Waals surface area contributed by atoms with E-state index in [2.05, 4.69) is 10.6 Å². The predicted octanol–water partition coefficient (Wildman–Crippen LogP) is -3.99. The number of carbonyl (C=O) groups excluding carboxylic acids is 5. The number of nitrogens with two attached hydrogens (primary N) is 1. The highest BCUT2D eigenvalue weighted by atomic mass is 16.5. The molecule has 0 radical (unpaired) electrons. The standard InChI is InChI=1S/C21H34N4O11/c1-11(28)23-13(9-26)17(16(32)14(29)10-27)36-18(21(35)25-7-3-2-4-8-25)20(34)24-12(19(22)33)5-6-15(30)31/h9,12-14,16-18,27,29,32H,2-8,10H2,1H3,(H2,22,33)(H,23,28)(H,24,34)(H,30,31)/t12?,13-,14+,16+,17+,18?/m0/s1. The third-order valence-corrected chi connectivity index (χ3v) is 5.52. The molecule has 1 aliphatic rings. The van der Waals surface area contributed by atoms with Crippen molar-refractivity contribution in [3.8, 4) is 0 Å². The topological polar surface area (TPSA) is 246 Å². The minimum Gasteiger partial charge on any atom is -0.481 e. The SMILES string of the molecule is CC(=O)N[C@@H](C=O)[C@@H](OC(C(=O)NC(CCC(=O)O)C(N)=O)C(=O)N1CCCCC1)[C@H](O)[C@H](O)CO. The molecule has 6 atom stereocenters. The Hall–Kier alpha value is -3.14. The number of primary amides is 1. The van der Waals surface area contributed by atoms with Gasteiger partial charge in [0, 0.05) is 26.4 Å². The van der Waals surface area contributed by atoms with Crippen molar-refractivity contribution in [2.75, 3.05) is 19.7 Å². The molecule has 1 saturated heterocycles. The van der Waals surface area contributed by atoms with Crippen molar-refractivity contribution >= 4 is 35.9 Å². The zero-order valence-electron chi connectivity index (χ0n) is 19.9. The molecule has 1 heterocycles. The lowest BCUT2D eigenvalue weighted by Gasteiger charge is -2.35. The first kappa shape index (κ1) is 30.9. The van der Waals surface area contributed by atoms with Gasteiger partial charge in [-0.05, 0) is 25.7 Å². The van der Waals surface area contributed by atoms with Crippen molar-refractivity contribution in [2.24, 2.45) is 5.73 Å². The summed E-state index contributed by atoms with van der Waals surface area (Å²) in [5.74, 6) is -5.19. The van der Waals surface area contributed by atoms with Crippen LogP contribution in [0.5, 0.6) is 0 Å². The Balaban J connectivity index is 3.35. The lowest BCUT2D eigenvalue weighted by Crippen LogP contribution is -2.60. The van der Waals surface area contributed by atoms with E-state index in [1.54, 1.807) is 0 Å². The number of carboxylic acid groups (broad SMARTS) is 1. The first-order chi connectivity index (χ1) is 16.9. The monoisotopic (exact) mass is 518 g/mol. The lowest BCUT2D eigenvalue weighted by atomic mass is 10.0. The Morgan fingerprint density at radius 1 is 1.08 bits per heavy atom. The lowest BCUT2D eigenvalue weighted by molar-refractivity contribution is -0.173. The minimum atomic E-state index is -2.09. The second-order valence-electron chi connectivity index (χ2n) is 8.37. The third-order valence-electron chi connectivity index (χ3n) is 5.52. The molecule has 0 aliphatic carbocycles. The summed E-state index contributed by atoms with van der Waals surface area (Å²) < 4.78 is 5.53. The number of hydrogen-bond donors (Lipinski definition) is 7. The summed E-state index contributed by atoms with van der Waals surface area (Å²) in [4.78, 5) is 73.5. The third kappa shape index (κ3) is 9.49. The highest BCUT2D eigenvalue weighted by molar-refractivity contribution is 6.04. The summed E-state index contributed by atoms with van der Waals surface area (Å²) in [6.07, 6.45) is -6.58. The molecule has 36 heavy (non-hydrogen) atoms. The molecule has 0 spiro atoms. The Labute approximate surface area is 206 Å². The molecule has 0 aromatic heterocycles. The normalized spacial score (nSPS) is 18.6. The Morgan fingerprint density at radius 3 is 2.17 bits per heavy atom. The van der Waals surface area contributed by atoms with Crippen molar-refractivity contribution in [1.82, 2.24) is 15.5 Å². The molecule has 15 heteroatoms. The molecular weight excluding hydrogens is 484 g/mol. The van der Waals surface area contributed by atoms with Crippen molar-refractivity contribution in [3.05, 3.63) is 0 Å². The number of hydrogen-bond acceptors (Lipinski definition) is 10. The van der Waals surface area contributed by atoms with Gasteiger partial charge < -0.3 is 51.2 Å². The first-order valence-electron chi connectivity index (χ1n) is 11.4. The fraction of sp³-hybridized carbons (Fsp3) is 0.714. The van der Waals surface area contributed by atoms with Gasteiger partial charge in [0.15, 0.2) is 0 Å². The number of aliphatic hydroxyl groups excluding tert-OH is 3. The number of piperidine rings is 1. The average molecular weight is 519 g/mol. The summed E-state index contributed by atoms with van der Waals surface area (Å²) in [6, 6.07) is -3.14. The summed E-state index contributed by atoms with van der Waals surface area (Å²) in [6.45, 7) is 0.590. The number of ether oxygens (including phenoxy) is 1. The summed E-state index contributed by atoms with van der Waals surface area (Å²) in [7, 11) is 0. The number of nitrogens with one attached hydrogen (secondary N) is 2. The van der Waals surface area contributed by atoms with Crippen molar-refractivity contribution in [2.45, 2.75) is 75.5 Å². The number of likely N-dealkylation sites (tertiary alicyclic amines) is 1. The van der Waals surface area contributed by atoms with E-state index >= 15 is 0 Å².